The van der Waals surface area contributed by atoms with E-state index >= 15 is 0 Å². The first-order valence-corrected chi connectivity index (χ1v) is 44.3. The van der Waals surface area contributed by atoms with E-state index in [0.29, 0.717) is 27.1 Å². The SMILES string of the molecule is CC1C2CCC(CC2)[C@H]1C.CC1CCC2(CC1)CC(C)(C)CC(C)(C)C2.CC1CCC2(CC1)CCC(C)(C)CC2.CC1CCC2(CCCCC2)CC1.CCC12CC3CC(CC(C3)C1)C2.C[C@@H]1C2CCC(CC2)C1(C)C.C[C@H]1CC2CCC1(C)CC2.C[C@H]1CC2CCC1CC2. The van der Waals surface area contributed by atoms with E-state index in [1.54, 1.807) is 96.3 Å². The Balaban J connectivity index is 0.000000118. The molecule has 22 aliphatic rings. The lowest BCUT2D eigenvalue weighted by Gasteiger charge is -2.56. The molecule has 0 aliphatic heterocycles. The fraction of sp³-hybridized carbons (Fsp3) is 1.00. The van der Waals surface area contributed by atoms with E-state index in [9.17, 15) is 0 Å². The van der Waals surface area contributed by atoms with Gasteiger partial charge in [0.25, 0.3) is 0 Å². The van der Waals surface area contributed by atoms with Gasteiger partial charge < -0.3 is 0 Å². The zero-order valence-electron chi connectivity index (χ0n) is 67.5. The molecule has 0 amide bonds. The highest BCUT2D eigenvalue weighted by Crippen LogP contribution is 2.63. The molecule has 0 heteroatoms. The van der Waals surface area contributed by atoms with Crippen LogP contribution in [0.2, 0.25) is 0 Å². The number of fused-ring (bicyclic) bond motifs is 12. The Hall–Kier alpha value is 0. The topological polar surface area (TPSA) is 0 Å². The van der Waals surface area contributed by atoms with Crippen LogP contribution in [0.1, 0.15) is 439 Å². The molecule has 22 rings (SSSR count). The lowest BCUT2D eigenvalue weighted by molar-refractivity contribution is -0.0545. The molecule has 12 bridgehead atoms. The van der Waals surface area contributed by atoms with Crippen molar-refractivity contribution in [3.63, 3.8) is 0 Å². The van der Waals surface area contributed by atoms with E-state index < -0.39 is 0 Å². The first kappa shape index (κ1) is 76.6. The molecule has 546 valence electrons. The molecule has 0 heterocycles. The summed E-state index contributed by atoms with van der Waals surface area (Å²) in [4.78, 5) is 0. The fourth-order valence-corrected chi connectivity index (χ4v) is 28.4. The molecular formula is C94H170. The van der Waals surface area contributed by atoms with E-state index in [2.05, 4.69) is 125 Å². The monoisotopic (exact) mass is 1300 g/mol. The second-order valence-electron chi connectivity index (χ2n) is 44.7. The molecular weight excluding hydrogens is 1130 g/mol. The summed E-state index contributed by atoms with van der Waals surface area (Å²) in [5.41, 5.74) is 6.37. The van der Waals surface area contributed by atoms with Gasteiger partial charge in [-0.05, 0) is 393 Å². The zero-order chi connectivity index (χ0) is 67.5. The number of hydrogen-bond donors (Lipinski definition) is 0. The molecule has 22 saturated carbocycles. The Bertz CT molecular complexity index is 2110. The van der Waals surface area contributed by atoms with Crippen molar-refractivity contribution in [1.29, 1.82) is 0 Å². The van der Waals surface area contributed by atoms with Gasteiger partial charge in [-0.2, -0.15) is 0 Å². The molecule has 3 spiro atoms. The van der Waals surface area contributed by atoms with Crippen molar-refractivity contribution in [1.82, 2.24) is 0 Å². The lowest BCUT2D eigenvalue weighted by atomic mass is 9.49. The molecule has 0 aromatic heterocycles. The smallest absolute Gasteiger partial charge is 0.0287 e. The maximum absolute atomic E-state index is 2.49. The van der Waals surface area contributed by atoms with Crippen LogP contribution < -0.4 is 0 Å². The summed E-state index contributed by atoms with van der Waals surface area (Å²) in [6.45, 7) is 44.3. The van der Waals surface area contributed by atoms with Gasteiger partial charge in [-0.25, -0.2) is 0 Å². The predicted molar refractivity (Wildman–Crippen MR) is 413 cm³/mol. The van der Waals surface area contributed by atoms with Crippen LogP contribution in [-0.4, -0.2) is 0 Å². The van der Waals surface area contributed by atoms with E-state index in [-0.39, 0.29) is 0 Å². The van der Waals surface area contributed by atoms with E-state index in [1.165, 1.54) is 218 Å². The summed E-state index contributed by atoms with van der Waals surface area (Å²) in [5.74, 6) is 19.3. The summed E-state index contributed by atoms with van der Waals surface area (Å²) in [6, 6.07) is 0. The van der Waals surface area contributed by atoms with Crippen molar-refractivity contribution < 1.29 is 0 Å². The minimum atomic E-state index is 0.572. The van der Waals surface area contributed by atoms with Gasteiger partial charge in [0, 0.05) is 0 Å². The fourth-order valence-electron chi connectivity index (χ4n) is 28.4. The lowest BCUT2D eigenvalue weighted by Crippen LogP contribution is -2.45. The summed E-state index contributed by atoms with van der Waals surface area (Å²) in [6.07, 6.45) is 74.8. The number of rotatable bonds is 1. The van der Waals surface area contributed by atoms with Gasteiger partial charge in [0.1, 0.15) is 0 Å². The average molecular weight is 1300 g/mol. The minimum Gasteiger partial charge on any atom is -0.0649 e. The van der Waals surface area contributed by atoms with Crippen LogP contribution in [0.5, 0.6) is 0 Å². The maximum Gasteiger partial charge on any atom is -0.0287 e. The predicted octanol–water partition coefficient (Wildman–Crippen LogP) is 30.6. The third kappa shape index (κ3) is 19.8. The van der Waals surface area contributed by atoms with Crippen LogP contribution in [0.3, 0.4) is 0 Å². The molecule has 0 aromatic rings. The van der Waals surface area contributed by atoms with E-state index in [1.807, 2.05) is 0 Å². The zero-order valence-corrected chi connectivity index (χ0v) is 67.5. The highest BCUT2D eigenvalue weighted by atomic mass is 14.6. The van der Waals surface area contributed by atoms with Crippen molar-refractivity contribution in [3.8, 4) is 0 Å². The minimum absolute atomic E-state index is 0.572. The Kier molecular flexibility index (Phi) is 26.0. The van der Waals surface area contributed by atoms with Gasteiger partial charge in [-0.1, -0.05) is 202 Å². The first-order chi connectivity index (χ1) is 44.3. The van der Waals surface area contributed by atoms with Gasteiger partial charge in [-0.3, -0.25) is 0 Å². The van der Waals surface area contributed by atoms with Gasteiger partial charge >= 0.3 is 0 Å². The molecule has 0 saturated heterocycles. The van der Waals surface area contributed by atoms with Gasteiger partial charge in [0.2, 0.25) is 0 Å². The van der Waals surface area contributed by atoms with Crippen molar-refractivity contribution in [2.75, 3.05) is 0 Å². The highest BCUT2D eigenvalue weighted by Gasteiger charge is 2.52. The van der Waals surface area contributed by atoms with Gasteiger partial charge in [-0.15, -0.1) is 0 Å². The normalized spacial score (nSPS) is 43.7. The molecule has 94 heavy (non-hydrogen) atoms. The standard InChI is InChI=1S/C16H30.C14H26.C12H20.C12H22.C11H20.2C10H18.C9H16/c1-13-6-8-16(9-7-13)11-14(2,3)10-15(4,5)12-16;1-12-4-6-14(7-5-12)10-8-13(2,3)9-11-14;1-2-12-6-9-3-10(7-12)5-11(4-9)8-12;1-11-5-9-12(10-6-11)7-3-2-4-8-12;1-8-9-4-6-10(7-5-9)11(8,2)3;1-8-7-9-3-5-10(8,2)6-4-9;1-7-8(2)10-5-3-9(7)4-6-10;1-7-6-8-2-4-9(7)5-3-8/h13H,6-12H2,1-5H3;12H,4-11H2,1-3H3;9-11H,2-8H2,1H3;11H,2-10H2,1H3;8-10H,4-7H2,1-3H3;8-9H,3-7H2,1-2H3;7-10H,3-6H2,1-2H3;7-9H,2-6H2,1H3/t;;;;2*8-,9?,10?;7-,8?,9?,10?;7-,8?,9?/m....1000/s1. The van der Waals surface area contributed by atoms with Crippen molar-refractivity contribution in [2.45, 2.75) is 439 Å². The molecule has 22 aliphatic carbocycles. The molecule has 0 radical (unpaired) electrons. The Morgan fingerprint density at radius 1 is 0.298 bits per heavy atom. The summed E-state index contributed by atoms with van der Waals surface area (Å²) in [5, 5.41) is 0. The van der Waals surface area contributed by atoms with Crippen molar-refractivity contribution in [3.05, 3.63) is 0 Å². The second kappa shape index (κ2) is 31.9. The van der Waals surface area contributed by atoms with Crippen LogP contribution in [0.4, 0.5) is 0 Å². The summed E-state index contributed by atoms with van der Waals surface area (Å²) in [7, 11) is 0. The molecule has 0 N–H and O–H groups in total. The van der Waals surface area contributed by atoms with Crippen molar-refractivity contribution in [2.24, 2.45) is 155 Å². The third-order valence-electron chi connectivity index (χ3n) is 35.5. The van der Waals surface area contributed by atoms with Crippen LogP contribution in [0.25, 0.3) is 0 Å². The number of hydrogen-bond acceptors (Lipinski definition) is 0. The highest BCUT2D eigenvalue weighted by molar-refractivity contribution is 5.03. The van der Waals surface area contributed by atoms with Crippen LogP contribution in [0, 0.1) is 155 Å². The average Bonchev–Trinajstić information content (AvgIpc) is 0.767. The third-order valence-corrected chi connectivity index (χ3v) is 35.5. The van der Waals surface area contributed by atoms with Gasteiger partial charge in [0.15, 0.2) is 0 Å². The largest absolute Gasteiger partial charge is 0.0649 e. The molecule has 0 aromatic carbocycles. The second-order valence-corrected chi connectivity index (χ2v) is 44.7. The van der Waals surface area contributed by atoms with Crippen molar-refractivity contribution >= 4 is 0 Å². The molecule has 22 fully saturated rings. The maximum atomic E-state index is 2.49. The van der Waals surface area contributed by atoms with Crippen LogP contribution >= 0.6 is 0 Å². The Morgan fingerprint density at radius 2 is 0.691 bits per heavy atom. The summed E-state index contributed by atoms with van der Waals surface area (Å²) < 4.78 is 0. The van der Waals surface area contributed by atoms with Crippen LogP contribution in [-0.2, 0) is 0 Å². The first-order valence-electron chi connectivity index (χ1n) is 44.3. The molecule has 1 unspecified atom stereocenters. The molecule has 0 nitrogen and oxygen atoms in total. The van der Waals surface area contributed by atoms with E-state index in [4.69, 9.17) is 0 Å². The Morgan fingerprint density at radius 3 is 1.01 bits per heavy atom. The molecule has 5 atom stereocenters. The van der Waals surface area contributed by atoms with E-state index in [0.717, 1.165) is 128 Å². The van der Waals surface area contributed by atoms with Crippen LogP contribution in [0.15, 0.2) is 0 Å². The Labute approximate surface area is 591 Å². The van der Waals surface area contributed by atoms with Gasteiger partial charge in [0.05, 0.1) is 0 Å². The quantitative estimate of drug-likeness (QED) is 0.245. The summed E-state index contributed by atoms with van der Waals surface area (Å²) >= 11 is 0.